The van der Waals surface area contributed by atoms with Crippen molar-refractivity contribution in [1.82, 2.24) is 15.3 Å². The molecule has 1 aromatic carbocycles. The zero-order chi connectivity index (χ0) is 19.5. The lowest BCUT2D eigenvalue weighted by Crippen LogP contribution is -2.28. The molecule has 2 aromatic heterocycles. The Kier molecular flexibility index (Phi) is 5.21. The first-order valence-corrected chi connectivity index (χ1v) is 10.1. The molecule has 2 N–H and O–H groups in total. The molecule has 8 heteroatoms. The van der Waals surface area contributed by atoms with Crippen molar-refractivity contribution in [3.63, 3.8) is 0 Å². The SMILES string of the molecule is Cc1oc(-c2ccccc2NC(=O)C2CCC2)nc1CNC(=O)c1cscn1. The predicted octanol–water partition coefficient (Wildman–Crippen LogP) is 3.78. The number of nitrogens with one attached hydrogen (secondary N) is 2. The Hall–Kier alpha value is -3.00. The van der Waals surface area contributed by atoms with E-state index in [1.165, 1.54) is 11.3 Å². The normalized spacial score (nSPS) is 13.8. The lowest BCUT2D eigenvalue weighted by atomic mass is 9.85. The van der Waals surface area contributed by atoms with E-state index in [1.54, 1.807) is 17.8 Å². The lowest BCUT2D eigenvalue weighted by molar-refractivity contribution is -0.122. The molecule has 0 atom stereocenters. The van der Waals surface area contributed by atoms with Gasteiger partial charge in [0.05, 0.1) is 23.3 Å². The average molecular weight is 396 g/mol. The summed E-state index contributed by atoms with van der Waals surface area (Å²) < 4.78 is 5.82. The standard InChI is InChI=1S/C20H20N4O3S/c1-12-16(9-21-19(26)17-10-28-11-22-17)24-20(27-12)14-7-2-3-8-15(14)23-18(25)13-5-4-6-13/h2-3,7-8,10-11,13H,4-6,9H2,1H3,(H,21,26)(H,23,25). The van der Waals surface area contributed by atoms with Crippen molar-refractivity contribution in [2.24, 2.45) is 5.92 Å². The van der Waals surface area contributed by atoms with E-state index in [0.29, 0.717) is 28.7 Å². The number of para-hydroxylation sites is 1. The van der Waals surface area contributed by atoms with Crippen molar-refractivity contribution in [2.45, 2.75) is 32.7 Å². The summed E-state index contributed by atoms with van der Waals surface area (Å²) in [6.45, 7) is 2.04. The molecule has 28 heavy (non-hydrogen) atoms. The van der Waals surface area contributed by atoms with Crippen LogP contribution in [0.25, 0.3) is 11.5 Å². The number of aromatic nitrogens is 2. The van der Waals surface area contributed by atoms with Crippen LogP contribution in [0, 0.1) is 12.8 Å². The van der Waals surface area contributed by atoms with Gasteiger partial charge in [0.2, 0.25) is 11.8 Å². The van der Waals surface area contributed by atoms with Crippen LogP contribution in [-0.2, 0) is 11.3 Å². The molecule has 2 heterocycles. The summed E-state index contributed by atoms with van der Waals surface area (Å²) in [7, 11) is 0. The third-order valence-electron chi connectivity index (χ3n) is 4.87. The number of carbonyl (C=O) groups is 2. The minimum absolute atomic E-state index is 0.0396. The monoisotopic (exact) mass is 396 g/mol. The van der Waals surface area contributed by atoms with Gasteiger partial charge in [0.1, 0.15) is 17.1 Å². The van der Waals surface area contributed by atoms with Gasteiger partial charge >= 0.3 is 0 Å². The van der Waals surface area contributed by atoms with Crippen LogP contribution < -0.4 is 10.6 Å². The number of nitrogens with zero attached hydrogens (tertiary/aromatic N) is 2. The van der Waals surface area contributed by atoms with Gasteiger partial charge in [-0.1, -0.05) is 18.6 Å². The first-order chi connectivity index (χ1) is 13.6. The molecule has 1 fully saturated rings. The fourth-order valence-corrected chi connectivity index (χ4v) is 3.50. The Balaban J connectivity index is 1.50. The second-order valence-corrected chi connectivity index (χ2v) is 7.46. The molecule has 0 aliphatic heterocycles. The van der Waals surface area contributed by atoms with Gasteiger partial charge < -0.3 is 15.1 Å². The molecular weight excluding hydrogens is 376 g/mol. The zero-order valence-corrected chi connectivity index (χ0v) is 16.2. The van der Waals surface area contributed by atoms with Crippen LogP contribution in [0.5, 0.6) is 0 Å². The fourth-order valence-electron chi connectivity index (χ4n) is 2.97. The molecule has 0 unspecified atom stereocenters. The van der Waals surface area contributed by atoms with Gasteiger partial charge in [0.25, 0.3) is 5.91 Å². The van der Waals surface area contributed by atoms with E-state index < -0.39 is 0 Å². The highest BCUT2D eigenvalue weighted by molar-refractivity contribution is 7.07. The van der Waals surface area contributed by atoms with Crippen molar-refractivity contribution in [1.29, 1.82) is 0 Å². The number of hydrogen-bond donors (Lipinski definition) is 2. The van der Waals surface area contributed by atoms with Crippen LogP contribution in [0.15, 0.2) is 39.6 Å². The van der Waals surface area contributed by atoms with Gasteiger partial charge in [-0.05, 0) is 31.9 Å². The molecule has 0 bridgehead atoms. The molecular formula is C20H20N4O3S. The second-order valence-electron chi connectivity index (χ2n) is 6.74. The van der Waals surface area contributed by atoms with E-state index in [0.717, 1.165) is 24.8 Å². The van der Waals surface area contributed by atoms with Crippen molar-refractivity contribution in [3.05, 3.63) is 52.3 Å². The number of anilines is 1. The number of benzene rings is 1. The molecule has 3 aromatic rings. The Bertz CT molecular complexity index is 993. The summed E-state index contributed by atoms with van der Waals surface area (Å²) >= 11 is 1.37. The quantitative estimate of drug-likeness (QED) is 0.661. The van der Waals surface area contributed by atoms with E-state index in [9.17, 15) is 9.59 Å². The highest BCUT2D eigenvalue weighted by Crippen LogP contribution is 2.32. The van der Waals surface area contributed by atoms with Gasteiger partial charge in [-0.2, -0.15) is 0 Å². The lowest BCUT2D eigenvalue weighted by Gasteiger charge is -2.24. The number of thiazole rings is 1. The summed E-state index contributed by atoms with van der Waals surface area (Å²) in [5.41, 5.74) is 4.03. The average Bonchev–Trinajstić information content (AvgIpc) is 3.29. The Morgan fingerprint density at radius 2 is 2.11 bits per heavy atom. The molecule has 0 radical (unpaired) electrons. The smallest absolute Gasteiger partial charge is 0.271 e. The molecule has 0 saturated heterocycles. The molecule has 1 aliphatic carbocycles. The van der Waals surface area contributed by atoms with Gasteiger partial charge in [-0.15, -0.1) is 11.3 Å². The van der Waals surface area contributed by atoms with Crippen LogP contribution in [0.2, 0.25) is 0 Å². The van der Waals surface area contributed by atoms with Gasteiger partial charge in [0.15, 0.2) is 0 Å². The maximum Gasteiger partial charge on any atom is 0.271 e. The Labute approximate surface area is 166 Å². The zero-order valence-electron chi connectivity index (χ0n) is 15.4. The van der Waals surface area contributed by atoms with E-state index >= 15 is 0 Å². The number of rotatable bonds is 6. The number of amides is 2. The second kappa shape index (κ2) is 7.93. The number of oxazole rings is 1. The minimum atomic E-state index is -0.252. The minimum Gasteiger partial charge on any atom is -0.441 e. The maximum atomic E-state index is 12.3. The molecule has 1 saturated carbocycles. The predicted molar refractivity (Wildman–Crippen MR) is 106 cm³/mol. The summed E-state index contributed by atoms with van der Waals surface area (Å²) in [6, 6.07) is 7.44. The van der Waals surface area contributed by atoms with Crippen molar-refractivity contribution in [2.75, 3.05) is 5.32 Å². The molecule has 1 aliphatic rings. The third kappa shape index (κ3) is 3.82. The first kappa shape index (κ1) is 18.4. The molecule has 144 valence electrons. The van der Waals surface area contributed by atoms with Crippen LogP contribution in [0.3, 0.4) is 0 Å². The highest BCUT2D eigenvalue weighted by atomic mass is 32.1. The third-order valence-corrected chi connectivity index (χ3v) is 5.45. The van der Waals surface area contributed by atoms with Crippen LogP contribution >= 0.6 is 11.3 Å². The fraction of sp³-hybridized carbons (Fsp3) is 0.300. The molecule has 7 nitrogen and oxygen atoms in total. The number of carbonyl (C=O) groups excluding carboxylic acids is 2. The number of hydrogen-bond acceptors (Lipinski definition) is 6. The highest BCUT2D eigenvalue weighted by Gasteiger charge is 2.26. The largest absolute Gasteiger partial charge is 0.441 e. The topological polar surface area (TPSA) is 97.1 Å². The van der Waals surface area contributed by atoms with Crippen LogP contribution in [0.4, 0.5) is 5.69 Å². The van der Waals surface area contributed by atoms with E-state index in [2.05, 4.69) is 20.6 Å². The first-order valence-electron chi connectivity index (χ1n) is 9.15. The van der Waals surface area contributed by atoms with Crippen molar-refractivity contribution in [3.8, 4) is 11.5 Å². The van der Waals surface area contributed by atoms with E-state index in [1.807, 2.05) is 24.3 Å². The Morgan fingerprint density at radius 3 is 2.82 bits per heavy atom. The van der Waals surface area contributed by atoms with Gasteiger partial charge in [-0.25, -0.2) is 9.97 Å². The van der Waals surface area contributed by atoms with E-state index in [4.69, 9.17) is 4.42 Å². The van der Waals surface area contributed by atoms with Crippen molar-refractivity contribution < 1.29 is 14.0 Å². The summed E-state index contributed by atoms with van der Waals surface area (Å²) in [5.74, 6) is 0.917. The number of aryl methyl sites for hydroxylation is 1. The van der Waals surface area contributed by atoms with Crippen LogP contribution in [0.1, 0.15) is 41.2 Å². The van der Waals surface area contributed by atoms with E-state index in [-0.39, 0.29) is 24.3 Å². The maximum absolute atomic E-state index is 12.3. The van der Waals surface area contributed by atoms with Crippen molar-refractivity contribution >= 4 is 28.8 Å². The summed E-state index contributed by atoms with van der Waals surface area (Å²) in [4.78, 5) is 32.9. The Morgan fingerprint density at radius 1 is 1.29 bits per heavy atom. The molecule has 0 spiro atoms. The summed E-state index contributed by atoms with van der Waals surface area (Å²) in [5, 5.41) is 7.48. The molecule has 2 amide bonds. The van der Waals surface area contributed by atoms with Crippen LogP contribution in [-0.4, -0.2) is 21.8 Å². The van der Waals surface area contributed by atoms with Gasteiger partial charge in [0, 0.05) is 11.3 Å². The van der Waals surface area contributed by atoms with Gasteiger partial charge in [-0.3, -0.25) is 9.59 Å². The molecule has 4 rings (SSSR count). The summed E-state index contributed by atoms with van der Waals surface area (Å²) in [6.07, 6.45) is 2.98.